The maximum atomic E-state index is 10.1. The highest BCUT2D eigenvalue weighted by molar-refractivity contribution is 6.30. The second-order valence-electron chi connectivity index (χ2n) is 3.91. The van der Waals surface area contributed by atoms with Crippen molar-refractivity contribution in [1.82, 2.24) is 9.78 Å². The predicted molar refractivity (Wildman–Crippen MR) is 63.5 cm³/mol. The molecular formula is C12H13ClN2O. The van der Waals surface area contributed by atoms with Gasteiger partial charge in [0.05, 0.1) is 6.20 Å². The number of hydrogen-bond acceptors (Lipinski definition) is 2. The van der Waals surface area contributed by atoms with E-state index in [1.165, 1.54) is 0 Å². The van der Waals surface area contributed by atoms with Crippen LogP contribution in [-0.4, -0.2) is 14.9 Å². The summed E-state index contributed by atoms with van der Waals surface area (Å²) < 4.78 is 1.66. The molecule has 3 nitrogen and oxygen atoms in total. The summed E-state index contributed by atoms with van der Waals surface area (Å²) in [5.74, 6) is 0. The number of rotatable bonds is 2. The zero-order valence-electron chi connectivity index (χ0n) is 9.18. The van der Waals surface area contributed by atoms with E-state index >= 15 is 0 Å². The third-order valence-electron chi connectivity index (χ3n) is 2.42. The summed E-state index contributed by atoms with van der Waals surface area (Å²) >= 11 is 5.95. The highest BCUT2D eigenvalue weighted by Crippen LogP contribution is 2.25. The first-order chi connectivity index (χ1) is 7.56. The van der Waals surface area contributed by atoms with Crippen molar-refractivity contribution >= 4 is 11.6 Å². The van der Waals surface area contributed by atoms with Crippen LogP contribution >= 0.6 is 11.6 Å². The van der Waals surface area contributed by atoms with Crippen LogP contribution in [0.2, 0.25) is 5.02 Å². The molecule has 0 saturated heterocycles. The Balaban J connectivity index is 2.37. The Morgan fingerprint density at radius 3 is 2.62 bits per heavy atom. The van der Waals surface area contributed by atoms with Crippen LogP contribution in [0.15, 0.2) is 30.6 Å². The molecule has 0 spiro atoms. The second kappa shape index (κ2) is 4.28. The fourth-order valence-corrected chi connectivity index (χ4v) is 1.99. The van der Waals surface area contributed by atoms with E-state index in [2.05, 4.69) is 5.10 Å². The summed E-state index contributed by atoms with van der Waals surface area (Å²) in [6.45, 7) is 1.95. The Bertz CT molecular complexity index is 487. The molecule has 16 heavy (non-hydrogen) atoms. The third-order valence-corrected chi connectivity index (χ3v) is 2.64. The van der Waals surface area contributed by atoms with Crippen LogP contribution in [-0.2, 0) is 7.05 Å². The number of hydrogen-bond donors (Lipinski definition) is 1. The molecule has 1 aromatic carbocycles. The molecule has 2 rings (SSSR count). The average molecular weight is 237 g/mol. The zero-order valence-corrected chi connectivity index (χ0v) is 9.94. The van der Waals surface area contributed by atoms with Gasteiger partial charge in [-0.25, -0.2) is 0 Å². The lowest BCUT2D eigenvalue weighted by Gasteiger charge is -2.10. The first-order valence-corrected chi connectivity index (χ1v) is 5.38. The number of halogens is 1. The Hall–Kier alpha value is -1.32. The molecule has 1 aromatic heterocycles. The molecule has 1 N–H and O–H groups in total. The molecule has 0 bridgehead atoms. The molecule has 0 radical (unpaired) electrons. The van der Waals surface area contributed by atoms with Crippen LogP contribution in [0.25, 0.3) is 0 Å². The number of aliphatic hydroxyl groups is 1. The SMILES string of the molecule is Cc1cc(Cl)cc(C(O)c2cnn(C)c2)c1. The third kappa shape index (κ3) is 2.26. The van der Waals surface area contributed by atoms with Crippen molar-refractivity contribution in [2.45, 2.75) is 13.0 Å². The normalized spacial score (nSPS) is 12.8. The molecule has 0 aliphatic carbocycles. The summed E-state index contributed by atoms with van der Waals surface area (Å²) in [6, 6.07) is 5.55. The lowest BCUT2D eigenvalue weighted by molar-refractivity contribution is 0.220. The van der Waals surface area contributed by atoms with Gasteiger partial charge in [0, 0.05) is 23.8 Å². The number of benzene rings is 1. The zero-order chi connectivity index (χ0) is 11.7. The molecular weight excluding hydrogens is 224 g/mol. The van der Waals surface area contributed by atoms with Crippen LogP contribution < -0.4 is 0 Å². The minimum Gasteiger partial charge on any atom is -0.384 e. The van der Waals surface area contributed by atoms with Gasteiger partial charge in [-0.15, -0.1) is 0 Å². The Kier molecular flexibility index (Phi) is 2.99. The van der Waals surface area contributed by atoms with Crippen molar-refractivity contribution in [3.8, 4) is 0 Å². The van der Waals surface area contributed by atoms with Gasteiger partial charge in [-0.3, -0.25) is 4.68 Å². The summed E-state index contributed by atoms with van der Waals surface area (Å²) in [5, 5.41) is 14.8. The van der Waals surface area contributed by atoms with Gasteiger partial charge in [0.2, 0.25) is 0 Å². The Morgan fingerprint density at radius 1 is 1.31 bits per heavy atom. The topological polar surface area (TPSA) is 38.1 Å². The van der Waals surface area contributed by atoms with E-state index in [9.17, 15) is 5.11 Å². The maximum Gasteiger partial charge on any atom is 0.107 e. The van der Waals surface area contributed by atoms with E-state index in [4.69, 9.17) is 11.6 Å². The van der Waals surface area contributed by atoms with Crippen LogP contribution in [0.1, 0.15) is 22.8 Å². The van der Waals surface area contributed by atoms with Gasteiger partial charge in [-0.1, -0.05) is 17.7 Å². The highest BCUT2D eigenvalue weighted by atomic mass is 35.5. The van der Waals surface area contributed by atoms with Crippen molar-refractivity contribution in [3.63, 3.8) is 0 Å². The Labute approximate surface area is 99.3 Å². The minimum atomic E-state index is -0.675. The molecule has 1 atom stereocenters. The van der Waals surface area contributed by atoms with Gasteiger partial charge in [-0.05, 0) is 30.2 Å². The smallest absolute Gasteiger partial charge is 0.107 e. The van der Waals surface area contributed by atoms with Crippen LogP contribution in [0, 0.1) is 6.92 Å². The van der Waals surface area contributed by atoms with Gasteiger partial charge in [-0.2, -0.15) is 5.10 Å². The highest BCUT2D eigenvalue weighted by Gasteiger charge is 2.12. The molecule has 2 aromatic rings. The van der Waals surface area contributed by atoms with Gasteiger partial charge in [0.15, 0.2) is 0 Å². The lowest BCUT2D eigenvalue weighted by atomic mass is 10.0. The number of nitrogens with zero attached hydrogens (tertiary/aromatic N) is 2. The molecule has 4 heteroatoms. The number of aryl methyl sites for hydroxylation is 2. The number of aliphatic hydroxyl groups excluding tert-OH is 1. The molecule has 0 aliphatic heterocycles. The van der Waals surface area contributed by atoms with E-state index in [1.807, 2.05) is 26.1 Å². The van der Waals surface area contributed by atoms with E-state index < -0.39 is 6.10 Å². The molecule has 0 aliphatic rings. The molecule has 1 heterocycles. The van der Waals surface area contributed by atoms with Crippen molar-refractivity contribution in [1.29, 1.82) is 0 Å². The predicted octanol–water partition coefficient (Wildman–Crippen LogP) is 2.46. The molecule has 0 fully saturated rings. The second-order valence-corrected chi connectivity index (χ2v) is 4.35. The standard InChI is InChI=1S/C12H13ClN2O/c1-8-3-9(5-11(13)4-8)12(16)10-6-14-15(2)7-10/h3-7,12,16H,1-2H3. The fourth-order valence-electron chi connectivity index (χ4n) is 1.70. The van der Waals surface area contributed by atoms with Crippen molar-refractivity contribution in [2.24, 2.45) is 7.05 Å². The molecule has 84 valence electrons. The van der Waals surface area contributed by atoms with E-state index in [0.29, 0.717) is 5.02 Å². The maximum absolute atomic E-state index is 10.1. The van der Waals surface area contributed by atoms with E-state index in [-0.39, 0.29) is 0 Å². The first-order valence-electron chi connectivity index (χ1n) is 5.00. The lowest BCUT2D eigenvalue weighted by Crippen LogP contribution is -1.99. The summed E-state index contributed by atoms with van der Waals surface area (Å²) in [7, 11) is 1.82. The molecule has 0 saturated carbocycles. The van der Waals surface area contributed by atoms with Gasteiger partial charge in [0.1, 0.15) is 6.10 Å². The first kappa shape index (κ1) is 11.2. The van der Waals surface area contributed by atoms with Crippen molar-refractivity contribution < 1.29 is 5.11 Å². The van der Waals surface area contributed by atoms with E-state index in [0.717, 1.165) is 16.7 Å². The average Bonchev–Trinajstić information content (AvgIpc) is 2.62. The summed E-state index contributed by atoms with van der Waals surface area (Å²) in [5.41, 5.74) is 2.59. The fraction of sp³-hybridized carbons (Fsp3) is 0.250. The van der Waals surface area contributed by atoms with Gasteiger partial charge in [0.25, 0.3) is 0 Å². The monoisotopic (exact) mass is 236 g/mol. The number of aromatic nitrogens is 2. The molecule has 0 amide bonds. The van der Waals surface area contributed by atoms with Crippen LogP contribution in [0.5, 0.6) is 0 Å². The largest absolute Gasteiger partial charge is 0.384 e. The van der Waals surface area contributed by atoms with E-state index in [1.54, 1.807) is 23.1 Å². The quantitative estimate of drug-likeness (QED) is 0.870. The van der Waals surface area contributed by atoms with Crippen molar-refractivity contribution in [2.75, 3.05) is 0 Å². The Morgan fingerprint density at radius 2 is 2.06 bits per heavy atom. The van der Waals surface area contributed by atoms with Crippen LogP contribution in [0.4, 0.5) is 0 Å². The molecule has 1 unspecified atom stereocenters. The summed E-state index contributed by atoms with van der Waals surface area (Å²) in [6.07, 6.45) is 2.77. The summed E-state index contributed by atoms with van der Waals surface area (Å²) in [4.78, 5) is 0. The van der Waals surface area contributed by atoms with Gasteiger partial charge < -0.3 is 5.11 Å². The minimum absolute atomic E-state index is 0.637. The van der Waals surface area contributed by atoms with Gasteiger partial charge >= 0.3 is 0 Å². The van der Waals surface area contributed by atoms with Crippen molar-refractivity contribution in [3.05, 3.63) is 52.3 Å². The van der Waals surface area contributed by atoms with Crippen LogP contribution in [0.3, 0.4) is 0 Å².